The van der Waals surface area contributed by atoms with E-state index < -0.39 is 6.10 Å². The van der Waals surface area contributed by atoms with Crippen molar-refractivity contribution in [3.8, 4) is 5.75 Å². The summed E-state index contributed by atoms with van der Waals surface area (Å²) in [4.78, 5) is 0. The van der Waals surface area contributed by atoms with Gasteiger partial charge in [0, 0.05) is 0 Å². The lowest BCUT2D eigenvalue weighted by atomic mass is 10.1. The number of aryl methyl sites for hydroxylation is 1. The van der Waals surface area contributed by atoms with Crippen LogP contribution in [-0.4, -0.2) is 40.4 Å². The lowest BCUT2D eigenvalue weighted by Crippen LogP contribution is -2.21. The predicted octanol–water partition coefficient (Wildman–Crippen LogP) is 1.20. The van der Waals surface area contributed by atoms with Gasteiger partial charge in [0.2, 0.25) is 0 Å². The molecule has 0 saturated heterocycles. The molecule has 0 saturated carbocycles. The van der Waals surface area contributed by atoms with Gasteiger partial charge in [0.1, 0.15) is 18.5 Å². The molecule has 1 aromatic carbocycles. The topological polar surface area (TPSA) is 82.3 Å². The minimum Gasteiger partial charge on any atom is -0.491 e. The molecule has 5 heteroatoms. The minimum absolute atomic E-state index is 0.0755. The minimum atomic E-state index is -0.854. The highest BCUT2D eigenvalue weighted by molar-refractivity contribution is 5.81. The molecule has 1 rings (SSSR count). The van der Waals surface area contributed by atoms with Crippen molar-refractivity contribution in [2.45, 2.75) is 25.9 Å². The maximum atomic E-state index is 9.13. The highest BCUT2D eigenvalue weighted by Gasteiger charge is 2.03. The molecule has 0 fully saturated rings. The molecular formula is C13H19NO4. The van der Waals surface area contributed by atoms with Crippen molar-refractivity contribution in [3.63, 3.8) is 0 Å². The molecule has 0 amide bonds. The summed E-state index contributed by atoms with van der Waals surface area (Å²) in [6, 6.07) is 7.46. The Kier molecular flexibility index (Phi) is 6.18. The van der Waals surface area contributed by atoms with Crippen molar-refractivity contribution in [2.75, 3.05) is 13.2 Å². The van der Waals surface area contributed by atoms with Crippen LogP contribution < -0.4 is 4.74 Å². The number of hydrogen-bond acceptors (Lipinski definition) is 5. The molecule has 5 nitrogen and oxygen atoms in total. The van der Waals surface area contributed by atoms with Crippen LogP contribution in [0.15, 0.2) is 29.4 Å². The van der Waals surface area contributed by atoms with E-state index in [1.165, 1.54) is 0 Å². The Hall–Kier alpha value is -1.59. The normalized spacial score (nSPS) is 13.4. The highest BCUT2D eigenvalue weighted by Crippen LogP contribution is 2.13. The number of ether oxygens (including phenoxy) is 1. The number of hydrogen-bond donors (Lipinski definition) is 3. The molecule has 0 heterocycles. The third-order valence-electron chi connectivity index (χ3n) is 2.52. The molecule has 0 aliphatic carbocycles. The molecular weight excluding hydrogens is 234 g/mol. The number of nitrogens with zero attached hydrogens (tertiary/aromatic N) is 1. The third kappa shape index (κ3) is 5.16. The van der Waals surface area contributed by atoms with E-state index >= 15 is 0 Å². The number of oxime groups is 1. The molecule has 100 valence electrons. The maximum absolute atomic E-state index is 9.13. The molecule has 18 heavy (non-hydrogen) atoms. The van der Waals surface area contributed by atoms with E-state index in [9.17, 15) is 0 Å². The largest absolute Gasteiger partial charge is 0.491 e. The van der Waals surface area contributed by atoms with Gasteiger partial charge < -0.3 is 20.2 Å². The van der Waals surface area contributed by atoms with Gasteiger partial charge in [-0.3, -0.25) is 0 Å². The average Bonchev–Trinajstić information content (AvgIpc) is 2.43. The molecule has 0 radical (unpaired) electrons. The molecule has 1 atom stereocenters. The van der Waals surface area contributed by atoms with Crippen LogP contribution in [0.25, 0.3) is 0 Å². The molecule has 0 bridgehead atoms. The molecule has 1 aromatic rings. The smallest absolute Gasteiger partial charge is 0.119 e. The molecule has 0 aromatic heterocycles. The average molecular weight is 253 g/mol. The van der Waals surface area contributed by atoms with Crippen molar-refractivity contribution in [1.82, 2.24) is 0 Å². The first-order valence-corrected chi connectivity index (χ1v) is 5.84. The van der Waals surface area contributed by atoms with Crippen LogP contribution in [0.2, 0.25) is 0 Å². The highest BCUT2D eigenvalue weighted by atomic mass is 16.5. The van der Waals surface area contributed by atoms with Crippen LogP contribution in [-0.2, 0) is 6.42 Å². The van der Waals surface area contributed by atoms with Gasteiger partial charge >= 0.3 is 0 Å². The Labute approximate surface area is 106 Å². The fraction of sp³-hybridized carbons (Fsp3) is 0.462. The first-order chi connectivity index (χ1) is 8.65. The van der Waals surface area contributed by atoms with Gasteiger partial charge in [0.25, 0.3) is 0 Å². The predicted molar refractivity (Wildman–Crippen MR) is 68.2 cm³/mol. The SMILES string of the molecule is C/C(CCc1ccc(OCC(O)CO)cc1)=N/O. The zero-order valence-corrected chi connectivity index (χ0v) is 10.4. The lowest BCUT2D eigenvalue weighted by Gasteiger charge is -2.10. The van der Waals surface area contributed by atoms with E-state index in [4.69, 9.17) is 20.2 Å². The van der Waals surface area contributed by atoms with Crippen LogP contribution in [0, 0.1) is 0 Å². The summed E-state index contributed by atoms with van der Waals surface area (Å²) in [5.41, 5.74) is 1.81. The van der Waals surface area contributed by atoms with Gasteiger partial charge in [-0.25, -0.2) is 0 Å². The van der Waals surface area contributed by atoms with Crippen molar-refractivity contribution in [2.24, 2.45) is 5.16 Å². The van der Waals surface area contributed by atoms with Gasteiger partial charge in [-0.2, -0.15) is 0 Å². The van der Waals surface area contributed by atoms with Crippen molar-refractivity contribution >= 4 is 5.71 Å². The van der Waals surface area contributed by atoms with Crippen LogP contribution in [0.4, 0.5) is 0 Å². The van der Waals surface area contributed by atoms with E-state index in [0.717, 1.165) is 12.0 Å². The van der Waals surface area contributed by atoms with Gasteiger partial charge in [-0.1, -0.05) is 17.3 Å². The number of aliphatic hydroxyl groups excluding tert-OH is 2. The molecule has 3 N–H and O–H groups in total. The second kappa shape index (κ2) is 7.68. The van der Waals surface area contributed by atoms with E-state index in [0.29, 0.717) is 17.9 Å². The first-order valence-electron chi connectivity index (χ1n) is 5.84. The Bertz CT molecular complexity index is 375. The maximum Gasteiger partial charge on any atom is 0.119 e. The molecule has 0 spiro atoms. The van der Waals surface area contributed by atoms with E-state index in [2.05, 4.69) is 5.16 Å². The van der Waals surface area contributed by atoms with E-state index in [1.54, 1.807) is 6.92 Å². The van der Waals surface area contributed by atoms with Crippen molar-refractivity contribution in [1.29, 1.82) is 0 Å². The number of benzene rings is 1. The zero-order chi connectivity index (χ0) is 13.4. The number of rotatable bonds is 7. The lowest BCUT2D eigenvalue weighted by molar-refractivity contribution is 0.0536. The van der Waals surface area contributed by atoms with Crippen LogP contribution in [0.5, 0.6) is 5.75 Å². The van der Waals surface area contributed by atoms with Gasteiger partial charge in [-0.15, -0.1) is 0 Å². The van der Waals surface area contributed by atoms with Crippen LogP contribution >= 0.6 is 0 Å². The standard InChI is InChI=1S/C13H19NO4/c1-10(14-17)2-3-11-4-6-13(7-5-11)18-9-12(16)8-15/h4-7,12,15-17H,2-3,8-9H2,1H3/b14-10-. The summed E-state index contributed by atoms with van der Waals surface area (Å²) in [7, 11) is 0. The summed E-state index contributed by atoms with van der Waals surface area (Å²) in [5, 5.41) is 29.4. The summed E-state index contributed by atoms with van der Waals surface area (Å²) in [6.07, 6.45) is 0.656. The Morgan fingerprint density at radius 2 is 2.00 bits per heavy atom. The monoisotopic (exact) mass is 253 g/mol. The Morgan fingerprint density at radius 1 is 1.33 bits per heavy atom. The summed E-state index contributed by atoms with van der Waals surface area (Å²) < 4.78 is 5.29. The van der Waals surface area contributed by atoms with Crippen LogP contribution in [0.3, 0.4) is 0 Å². The Balaban J connectivity index is 2.42. The van der Waals surface area contributed by atoms with Gasteiger partial charge in [0.15, 0.2) is 0 Å². The molecule has 0 aliphatic heterocycles. The summed E-state index contributed by atoms with van der Waals surface area (Å²) in [5.74, 6) is 0.652. The fourth-order valence-corrected chi connectivity index (χ4v) is 1.37. The second-order valence-electron chi connectivity index (χ2n) is 4.13. The van der Waals surface area contributed by atoms with E-state index in [-0.39, 0.29) is 13.2 Å². The summed E-state index contributed by atoms with van der Waals surface area (Å²) >= 11 is 0. The van der Waals surface area contributed by atoms with Crippen molar-refractivity contribution in [3.05, 3.63) is 29.8 Å². The van der Waals surface area contributed by atoms with Crippen molar-refractivity contribution < 1.29 is 20.2 Å². The third-order valence-corrected chi connectivity index (χ3v) is 2.52. The summed E-state index contributed by atoms with van der Waals surface area (Å²) in [6.45, 7) is 1.54. The van der Waals surface area contributed by atoms with Crippen LogP contribution in [0.1, 0.15) is 18.9 Å². The fourth-order valence-electron chi connectivity index (χ4n) is 1.37. The van der Waals surface area contributed by atoms with E-state index in [1.807, 2.05) is 24.3 Å². The molecule has 0 aliphatic rings. The Morgan fingerprint density at radius 3 is 2.56 bits per heavy atom. The number of aliphatic hydroxyl groups is 2. The first kappa shape index (κ1) is 14.5. The zero-order valence-electron chi connectivity index (χ0n) is 10.4. The van der Waals surface area contributed by atoms with Gasteiger partial charge in [0.05, 0.1) is 12.3 Å². The van der Waals surface area contributed by atoms with Gasteiger partial charge in [-0.05, 0) is 37.5 Å². The quantitative estimate of drug-likeness (QED) is 0.387. The second-order valence-corrected chi connectivity index (χ2v) is 4.13. The molecule has 1 unspecified atom stereocenters.